The number of carbonyl (C=O) groups excluding carboxylic acids is 2. The average molecular weight is 346 g/mol. The maximum absolute atomic E-state index is 12.0. The average Bonchev–Trinajstić information content (AvgIpc) is 2.56. The lowest BCUT2D eigenvalue weighted by Gasteiger charge is -2.12. The minimum absolute atomic E-state index is 0.363. The second-order valence-electron chi connectivity index (χ2n) is 5.61. The van der Waals surface area contributed by atoms with E-state index in [9.17, 15) is 9.59 Å². The SMILES string of the molecule is CCc1ccc(C(=O)OCC(=O)Nc2c(C)cc(C)cc2Cl)cc1. The zero-order valence-corrected chi connectivity index (χ0v) is 14.7. The van der Waals surface area contributed by atoms with Crippen molar-refractivity contribution in [3.63, 3.8) is 0 Å². The number of esters is 1. The Morgan fingerprint density at radius 1 is 1.12 bits per heavy atom. The van der Waals surface area contributed by atoms with Crippen LogP contribution in [0.3, 0.4) is 0 Å². The number of nitrogens with one attached hydrogen (secondary N) is 1. The molecular weight excluding hydrogens is 326 g/mol. The summed E-state index contributed by atoms with van der Waals surface area (Å²) in [4.78, 5) is 23.9. The molecule has 0 atom stereocenters. The van der Waals surface area contributed by atoms with Gasteiger partial charge >= 0.3 is 5.97 Å². The van der Waals surface area contributed by atoms with Crippen molar-refractivity contribution in [2.45, 2.75) is 27.2 Å². The van der Waals surface area contributed by atoms with Crippen LogP contribution in [-0.2, 0) is 16.0 Å². The summed E-state index contributed by atoms with van der Waals surface area (Å²) in [5.41, 5.74) is 3.96. The van der Waals surface area contributed by atoms with Gasteiger partial charge in [-0.25, -0.2) is 4.79 Å². The zero-order valence-electron chi connectivity index (χ0n) is 14.0. The number of halogens is 1. The first-order valence-electron chi connectivity index (χ1n) is 7.73. The first-order valence-corrected chi connectivity index (χ1v) is 8.11. The van der Waals surface area contributed by atoms with Crippen LogP contribution in [0, 0.1) is 13.8 Å². The molecule has 0 radical (unpaired) electrons. The monoisotopic (exact) mass is 345 g/mol. The maximum Gasteiger partial charge on any atom is 0.338 e. The van der Waals surface area contributed by atoms with E-state index < -0.39 is 11.9 Å². The molecule has 2 rings (SSSR count). The molecule has 24 heavy (non-hydrogen) atoms. The molecule has 0 aromatic heterocycles. The van der Waals surface area contributed by atoms with Crippen molar-refractivity contribution >= 4 is 29.2 Å². The molecule has 0 heterocycles. The Balaban J connectivity index is 1.94. The van der Waals surface area contributed by atoms with Crippen molar-refractivity contribution in [3.8, 4) is 0 Å². The highest BCUT2D eigenvalue weighted by molar-refractivity contribution is 6.34. The number of anilines is 1. The van der Waals surface area contributed by atoms with Gasteiger partial charge < -0.3 is 10.1 Å². The fourth-order valence-corrected chi connectivity index (χ4v) is 2.71. The van der Waals surface area contributed by atoms with Crippen LogP contribution in [-0.4, -0.2) is 18.5 Å². The molecule has 4 nitrogen and oxygen atoms in total. The van der Waals surface area contributed by atoms with E-state index in [2.05, 4.69) is 5.32 Å². The van der Waals surface area contributed by atoms with Gasteiger partial charge in [-0.3, -0.25) is 4.79 Å². The molecular formula is C19H20ClNO3. The Morgan fingerprint density at radius 2 is 1.79 bits per heavy atom. The number of aryl methyl sites for hydroxylation is 3. The van der Waals surface area contributed by atoms with Crippen molar-refractivity contribution in [1.82, 2.24) is 0 Å². The van der Waals surface area contributed by atoms with Gasteiger partial charge in [0.25, 0.3) is 5.91 Å². The number of ether oxygens (including phenoxy) is 1. The molecule has 0 bridgehead atoms. The molecule has 1 amide bonds. The summed E-state index contributed by atoms with van der Waals surface area (Å²) in [6.07, 6.45) is 0.897. The van der Waals surface area contributed by atoms with E-state index in [0.29, 0.717) is 16.3 Å². The smallest absolute Gasteiger partial charge is 0.338 e. The summed E-state index contributed by atoms with van der Waals surface area (Å²) in [6.45, 7) is 5.46. The minimum Gasteiger partial charge on any atom is -0.452 e. The molecule has 2 aromatic carbocycles. The van der Waals surface area contributed by atoms with E-state index in [4.69, 9.17) is 16.3 Å². The third-order valence-corrected chi connectivity index (χ3v) is 3.93. The van der Waals surface area contributed by atoms with Gasteiger partial charge in [-0.15, -0.1) is 0 Å². The highest BCUT2D eigenvalue weighted by Gasteiger charge is 2.13. The molecule has 0 spiro atoms. The second-order valence-corrected chi connectivity index (χ2v) is 6.02. The quantitative estimate of drug-likeness (QED) is 0.821. The Bertz CT molecular complexity index is 731. The topological polar surface area (TPSA) is 55.4 Å². The summed E-state index contributed by atoms with van der Waals surface area (Å²) in [5.74, 6) is -0.957. The van der Waals surface area contributed by atoms with Gasteiger partial charge in [0.15, 0.2) is 6.61 Å². The molecule has 0 saturated heterocycles. The molecule has 0 aliphatic rings. The normalized spacial score (nSPS) is 10.3. The van der Waals surface area contributed by atoms with Gasteiger partial charge in [-0.1, -0.05) is 36.7 Å². The van der Waals surface area contributed by atoms with Crippen LogP contribution in [0.2, 0.25) is 5.02 Å². The number of hydrogen-bond acceptors (Lipinski definition) is 3. The van der Waals surface area contributed by atoms with Crippen LogP contribution < -0.4 is 5.32 Å². The van der Waals surface area contributed by atoms with Crippen LogP contribution in [0.15, 0.2) is 36.4 Å². The Kier molecular flexibility index (Phi) is 5.99. The van der Waals surface area contributed by atoms with E-state index in [1.54, 1.807) is 18.2 Å². The van der Waals surface area contributed by atoms with Crippen molar-refractivity contribution in [1.29, 1.82) is 0 Å². The summed E-state index contributed by atoms with van der Waals surface area (Å²) in [6, 6.07) is 10.8. The molecule has 5 heteroatoms. The summed E-state index contributed by atoms with van der Waals surface area (Å²) in [5, 5.41) is 3.14. The summed E-state index contributed by atoms with van der Waals surface area (Å²) < 4.78 is 5.04. The molecule has 0 unspecified atom stereocenters. The lowest BCUT2D eigenvalue weighted by molar-refractivity contribution is -0.119. The van der Waals surface area contributed by atoms with E-state index in [1.807, 2.05) is 39.0 Å². The van der Waals surface area contributed by atoms with E-state index in [0.717, 1.165) is 23.1 Å². The molecule has 1 N–H and O–H groups in total. The van der Waals surface area contributed by atoms with Crippen LogP contribution in [0.25, 0.3) is 0 Å². The Morgan fingerprint density at radius 3 is 2.38 bits per heavy atom. The zero-order chi connectivity index (χ0) is 17.7. The molecule has 0 aliphatic carbocycles. The van der Waals surface area contributed by atoms with Crippen molar-refractivity contribution < 1.29 is 14.3 Å². The lowest BCUT2D eigenvalue weighted by Crippen LogP contribution is -2.21. The van der Waals surface area contributed by atoms with Crippen molar-refractivity contribution in [2.75, 3.05) is 11.9 Å². The fraction of sp³-hybridized carbons (Fsp3) is 0.263. The van der Waals surface area contributed by atoms with Gasteiger partial charge in [0, 0.05) is 0 Å². The fourth-order valence-electron chi connectivity index (χ4n) is 2.34. The van der Waals surface area contributed by atoms with Crippen LogP contribution in [0.1, 0.15) is 34.0 Å². The number of benzene rings is 2. The Labute approximate surface area is 146 Å². The first kappa shape index (κ1) is 18.0. The molecule has 0 saturated carbocycles. The standard InChI is InChI=1S/C19H20ClNO3/c1-4-14-5-7-15(8-6-14)19(23)24-11-17(22)21-18-13(3)9-12(2)10-16(18)20/h5-10H,4,11H2,1-3H3,(H,21,22). The van der Waals surface area contributed by atoms with Gasteiger partial charge in [-0.2, -0.15) is 0 Å². The molecule has 0 aliphatic heterocycles. The number of rotatable bonds is 5. The van der Waals surface area contributed by atoms with Crippen molar-refractivity contribution in [2.24, 2.45) is 0 Å². The third kappa shape index (κ3) is 4.59. The highest BCUT2D eigenvalue weighted by atomic mass is 35.5. The van der Waals surface area contributed by atoms with E-state index in [-0.39, 0.29) is 6.61 Å². The first-order chi connectivity index (χ1) is 11.4. The summed E-state index contributed by atoms with van der Waals surface area (Å²) >= 11 is 6.14. The number of carbonyl (C=O) groups is 2. The van der Waals surface area contributed by atoms with Crippen LogP contribution in [0.5, 0.6) is 0 Å². The van der Waals surface area contributed by atoms with Crippen LogP contribution >= 0.6 is 11.6 Å². The number of amides is 1. The predicted octanol–water partition coefficient (Wildman–Crippen LogP) is 4.31. The predicted molar refractivity (Wildman–Crippen MR) is 95.7 cm³/mol. The minimum atomic E-state index is -0.528. The summed E-state index contributed by atoms with van der Waals surface area (Å²) in [7, 11) is 0. The maximum atomic E-state index is 12.0. The second kappa shape index (κ2) is 7.97. The molecule has 126 valence electrons. The molecule has 0 fully saturated rings. The number of hydrogen-bond donors (Lipinski definition) is 1. The lowest BCUT2D eigenvalue weighted by atomic mass is 10.1. The van der Waals surface area contributed by atoms with Crippen LogP contribution in [0.4, 0.5) is 5.69 Å². The Hall–Kier alpha value is -2.33. The van der Waals surface area contributed by atoms with Gasteiger partial charge in [0.05, 0.1) is 16.3 Å². The van der Waals surface area contributed by atoms with Gasteiger partial charge in [-0.05, 0) is 55.2 Å². The largest absolute Gasteiger partial charge is 0.452 e. The third-order valence-electron chi connectivity index (χ3n) is 3.63. The highest BCUT2D eigenvalue weighted by Crippen LogP contribution is 2.27. The van der Waals surface area contributed by atoms with Gasteiger partial charge in [0.1, 0.15) is 0 Å². The van der Waals surface area contributed by atoms with Gasteiger partial charge in [0.2, 0.25) is 0 Å². The van der Waals surface area contributed by atoms with E-state index >= 15 is 0 Å². The van der Waals surface area contributed by atoms with E-state index in [1.165, 1.54) is 0 Å². The molecule has 2 aromatic rings. The van der Waals surface area contributed by atoms with Crippen molar-refractivity contribution in [3.05, 3.63) is 63.7 Å².